The summed E-state index contributed by atoms with van der Waals surface area (Å²) >= 11 is 0. The Hall–Kier alpha value is -2.66. The standard InChI is InChI=1S/C22H26N2O3/c1-15-5-6-18(13-16(15)2)20(25)23-19-9-7-17(8-10-19)21(26)24-11-12-27-14-22(24,3)4/h5-10,13H,11-12,14H2,1-4H3,(H,23,25). The van der Waals surface area contributed by atoms with Crippen molar-refractivity contribution in [3.8, 4) is 0 Å². The average Bonchev–Trinajstić information content (AvgIpc) is 2.63. The summed E-state index contributed by atoms with van der Waals surface area (Å²) in [6.45, 7) is 9.67. The van der Waals surface area contributed by atoms with Crippen LogP contribution in [0.25, 0.3) is 0 Å². The minimum Gasteiger partial charge on any atom is -0.377 e. The van der Waals surface area contributed by atoms with Crippen LogP contribution in [0.4, 0.5) is 5.69 Å². The number of benzene rings is 2. The van der Waals surface area contributed by atoms with Gasteiger partial charge in [0.25, 0.3) is 11.8 Å². The van der Waals surface area contributed by atoms with Gasteiger partial charge in [-0.15, -0.1) is 0 Å². The Labute approximate surface area is 160 Å². The van der Waals surface area contributed by atoms with Crippen molar-refractivity contribution < 1.29 is 14.3 Å². The lowest BCUT2D eigenvalue weighted by atomic mass is 10.0. The molecule has 2 amide bonds. The van der Waals surface area contributed by atoms with E-state index in [1.54, 1.807) is 24.3 Å². The Balaban J connectivity index is 1.70. The maximum Gasteiger partial charge on any atom is 0.255 e. The molecule has 0 saturated carbocycles. The number of aryl methyl sites for hydroxylation is 2. The highest BCUT2D eigenvalue weighted by Crippen LogP contribution is 2.22. The third-order valence-corrected chi connectivity index (χ3v) is 5.05. The minimum absolute atomic E-state index is 0.0182. The van der Waals surface area contributed by atoms with Gasteiger partial charge in [-0.3, -0.25) is 9.59 Å². The molecule has 0 unspecified atom stereocenters. The number of ether oxygens (including phenoxy) is 1. The summed E-state index contributed by atoms with van der Waals surface area (Å²) in [5, 5.41) is 2.88. The summed E-state index contributed by atoms with van der Waals surface area (Å²) < 4.78 is 5.48. The van der Waals surface area contributed by atoms with Gasteiger partial charge < -0.3 is 15.0 Å². The molecule has 0 radical (unpaired) electrons. The molecule has 0 aromatic heterocycles. The summed E-state index contributed by atoms with van der Waals surface area (Å²) in [5.74, 6) is -0.179. The van der Waals surface area contributed by atoms with Gasteiger partial charge in [0.2, 0.25) is 0 Å². The van der Waals surface area contributed by atoms with E-state index in [0.717, 1.165) is 11.1 Å². The molecule has 0 bridgehead atoms. The molecule has 0 spiro atoms. The van der Waals surface area contributed by atoms with Gasteiger partial charge in [0, 0.05) is 23.4 Å². The molecule has 1 fully saturated rings. The van der Waals surface area contributed by atoms with E-state index in [9.17, 15) is 9.59 Å². The highest BCUT2D eigenvalue weighted by Gasteiger charge is 2.34. The second-order valence-corrected chi connectivity index (χ2v) is 7.65. The first-order valence-corrected chi connectivity index (χ1v) is 9.16. The fourth-order valence-corrected chi connectivity index (χ4v) is 3.17. The molecule has 2 aromatic rings. The topological polar surface area (TPSA) is 58.6 Å². The number of morpholine rings is 1. The molecule has 1 N–H and O–H groups in total. The Kier molecular flexibility index (Phi) is 5.33. The van der Waals surface area contributed by atoms with Gasteiger partial charge in [-0.05, 0) is 75.2 Å². The van der Waals surface area contributed by atoms with Crippen LogP contribution in [0.5, 0.6) is 0 Å². The number of carbonyl (C=O) groups excluding carboxylic acids is 2. The first-order valence-electron chi connectivity index (χ1n) is 9.16. The van der Waals surface area contributed by atoms with Gasteiger partial charge in [0.1, 0.15) is 0 Å². The van der Waals surface area contributed by atoms with E-state index in [1.165, 1.54) is 0 Å². The smallest absolute Gasteiger partial charge is 0.255 e. The van der Waals surface area contributed by atoms with E-state index in [2.05, 4.69) is 5.32 Å². The Morgan fingerprint density at radius 3 is 2.30 bits per heavy atom. The highest BCUT2D eigenvalue weighted by molar-refractivity contribution is 6.04. The Morgan fingerprint density at radius 2 is 1.67 bits per heavy atom. The lowest BCUT2D eigenvalue weighted by Gasteiger charge is -2.42. The van der Waals surface area contributed by atoms with Crippen molar-refractivity contribution in [1.82, 2.24) is 4.90 Å². The molecule has 5 heteroatoms. The van der Waals surface area contributed by atoms with Crippen molar-refractivity contribution in [1.29, 1.82) is 0 Å². The zero-order valence-electron chi connectivity index (χ0n) is 16.3. The monoisotopic (exact) mass is 366 g/mol. The fraction of sp³-hybridized carbons (Fsp3) is 0.364. The summed E-state index contributed by atoms with van der Waals surface area (Å²) in [4.78, 5) is 27.1. The molecule has 0 aliphatic carbocycles. The number of nitrogens with zero attached hydrogens (tertiary/aromatic N) is 1. The second-order valence-electron chi connectivity index (χ2n) is 7.65. The van der Waals surface area contributed by atoms with E-state index in [0.29, 0.717) is 36.6 Å². The van der Waals surface area contributed by atoms with Crippen LogP contribution in [0.15, 0.2) is 42.5 Å². The van der Waals surface area contributed by atoms with Gasteiger partial charge in [-0.25, -0.2) is 0 Å². The van der Waals surface area contributed by atoms with Crippen molar-refractivity contribution in [2.24, 2.45) is 0 Å². The van der Waals surface area contributed by atoms with Crippen LogP contribution in [-0.4, -0.2) is 42.0 Å². The maximum atomic E-state index is 12.8. The maximum absolute atomic E-state index is 12.8. The zero-order valence-corrected chi connectivity index (χ0v) is 16.3. The number of carbonyl (C=O) groups is 2. The van der Waals surface area contributed by atoms with Crippen LogP contribution < -0.4 is 5.32 Å². The van der Waals surface area contributed by atoms with Crippen LogP contribution in [0, 0.1) is 13.8 Å². The number of amides is 2. The first kappa shape index (κ1) is 19.1. The fourth-order valence-electron chi connectivity index (χ4n) is 3.17. The van der Waals surface area contributed by atoms with Gasteiger partial charge in [0.15, 0.2) is 0 Å². The molecule has 0 atom stereocenters. The quantitative estimate of drug-likeness (QED) is 0.899. The molecule has 5 nitrogen and oxygen atoms in total. The van der Waals surface area contributed by atoms with Crippen LogP contribution in [0.3, 0.4) is 0 Å². The molecule has 3 rings (SSSR count). The normalized spacial score (nSPS) is 16.1. The van der Waals surface area contributed by atoms with E-state index in [-0.39, 0.29) is 17.4 Å². The van der Waals surface area contributed by atoms with Gasteiger partial charge >= 0.3 is 0 Å². The summed E-state index contributed by atoms with van der Waals surface area (Å²) in [6.07, 6.45) is 0. The summed E-state index contributed by atoms with van der Waals surface area (Å²) in [5.41, 5.74) is 3.79. The molecule has 142 valence electrons. The van der Waals surface area contributed by atoms with Crippen LogP contribution >= 0.6 is 0 Å². The largest absolute Gasteiger partial charge is 0.377 e. The van der Waals surface area contributed by atoms with Crippen molar-refractivity contribution in [2.75, 3.05) is 25.1 Å². The van der Waals surface area contributed by atoms with Gasteiger partial charge in [0.05, 0.1) is 18.8 Å². The molecule has 2 aromatic carbocycles. The SMILES string of the molecule is Cc1ccc(C(=O)Nc2ccc(C(=O)N3CCOCC3(C)C)cc2)cc1C. The van der Waals surface area contributed by atoms with Crippen LogP contribution in [-0.2, 0) is 4.74 Å². The van der Waals surface area contributed by atoms with Crippen molar-refractivity contribution in [2.45, 2.75) is 33.2 Å². The number of rotatable bonds is 3. The zero-order chi connectivity index (χ0) is 19.6. The van der Waals surface area contributed by atoms with Crippen molar-refractivity contribution in [3.05, 3.63) is 64.7 Å². The first-order chi connectivity index (χ1) is 12.8. The van der Waals surface area contributed by atoms with Gasteiger partial charge in [-0.1, -0.05) is 6.07 Å². The number of hydrogen-bond acceptors (Lipinski definition) is 3. The van der Waals surface area contributed by atoms with Gasteiger partial charge in [-0.2, -0.15) is 0 Å². The lowest BCUT2D eigenvalue weighted by Crippen LogP contribution is -2.55. The second kappa shape index (κ2) is 7.53. The van der Waals surface area contributed by atoms with Crippen molar-refractivity contribution in [3.63, 3.8) is 0 Å². The van der Waals surface area contributed by atoms with E-state index in [4.69, 9.17) is 4.74 Å². The summed E-state index contributed by atoms with van der Waals surface area (Å²) in [6, 6.07) is 12.7. The molecule has 1 aliphatic heterocycles. The van der Waals surface area contributed by atoms with E-state index in [1.807, 2.05) is 50.8 Å². The highest BCUT2D eigenvalue weighted by atomic mass is 16.5. The third kappa shape index (κ3) is 4.19. The Morgan fingerprint density at radius 1 is 1.00 bits per heavy atom. The Bertz CT molecular complexity index is 856. The van der Waals surface area contributed by atoms with Crippen LogP contribution in [0.2, 0.25) is 0 Å². The van der Waals surface area contributed by atoms with E-state index >= 15 is 0 Å². The minimum atomic E-state index is -0.328. The lowest BCUT2D eigenvalue weighted by molar-refractivity contribution is -0.0370. The molecule has 1 heterocycles. The third-order valence-electron chi connectivity index (χ3n) is 5.05. The predicted molar refractivity (Wildman–Crippen MR) is 106 cm³/mol. The predicted octanol–water partition coefficient (Wildman–Crippen LogP) is 3.81. The molecule has 27 heavy (non-hydrogen) atoms. The van der Waals surface area contributed by atoms with Crippen LogP contribution in [0.1, 0.15) is 45.7 Å². The number of hydrogen-bond donors (Lipinski definition) is 1. The van der Waals surface area contributed by atoms with Crippen molar-refractivity contribution >= 4 is 17.5 Å². The molecule has 1 saturated heterocycles. The molecular weight excluding hydrogens is 340 g/mol. The van der Waals surface area contributed by atoms with E-state index < -0.39 is 0 Å². The molecule has 1 aliphatic rings. The average molecular weight is 366 g/mol. The summed E-state index contributed by atoms with van der Waals surface area (Å²) in [7, 11) is 0. The number of anilines is 1. The molecular formula is C22H26N2O3. The number of nitrogens with one attached hydrogen (secondary N) is 1.